The molecule has 17 aromatic rings. The summed E-state index contributed by atoms with van der Waals surface area (Å²) >= 11 is 3.40. The van der Waals surface area contributed by atoms with Crippen molar-refractivity contribution < 1.29 is 8.22 Å². The summed E-state index contributed by atoms with van der Waals surface area (Å²) in [6.07, 6.45) is 0. The van der Waals surface area contributed by atoms with Crippen molar-refractivity contribution in [1.82, 2.24) is 9.13 Å². The van der Waals surface area contributed by atoms with E-state index in [1.165, 1.54) is 0 Å². The van der Waals surface area contributed by atoms with Gasteiger partial charge in [0, 0.05) is 63.6 Å². The van der Waals surface area contributed by atoms with Crippen LogP contribution in [0.1, 0.15) is 13.8 Å². The van der Waals surface area contributed by atoms with E-state index in [-0.39, 0.29) is 64.2 Å². The molecule has 0 bridgehead atoms. The molecule has 0 atom stereocenters. The van der Waals surface area contributed by atoms with E-state index in [1.54, 1.807) is 27.2 Å². The number of rotatable bonds is 6. The molecule has 0 saturated heterocycles. The SMILES string of the molecule is [2H]c1c([2H])c2c3ccccc3c3c([2H])c([2H])c([2H])c4c3c2c(c1[2H])n4-c1c([N+]#[C-])c(-c2ccccc2)c(C#N)c(-n2c3c(ccc4c5cccc(-c6ccccc6)c5sc43)c3c(-c4ccccc4)cc4c5ccccc5sc4c32)c1-c1ccccc1. The Morgan fingerprint density at radius 3 is 1.56 bits per heavy atom. The maximum Gasteiger partial charge on any atom is 0.220 e. The molecular formula is C74H40N4S2. The van der Waals surface area contributed by atoms with Gasteiger partial charge in [-0.05, 0) is 79.1 Å². The molecule has 0 fully saturated rings. The number of thiophene rings is 2. The van der Waals surface area contributed by atoms with E-state index in [0.717, 1.165) is 84.4 Å². The van der Waals surface area contributed by atoms with Crippen molar-refractivity contribution in [2.24, 2.45) is 0 Å². The van der Waals surface area contributed by atoms with Crippen molar-refractivity contribution in [3.05, 3.63) is 259 Å². The molecule has 4 nitrogen and oxygen atoms in total. The van der Waals surface area contributed by atoms with Gasteiger partial charge in [-0.15, -0.1) is 22.7 Å². The number of hydrogen-bond acceptors (Lipinski definition) is 3. The predicted octanol–water partition coefficient (Wildman–Crippen LogP) is 21.5. The fourth-order valence-corrected chi connectivity index (χ4v) is 15.6. The first-order chi connectivity index (χ1) is 42.2. The molecule has 0 unspecified atom stereocenters. The molecule has 13 aromatic carbocycles. The third-order valence-electron chi connectivity index (χ3n) is 16.3. The second-order valence-corrected chi connectivity index (χ2v) is 22.3. The van der Waals surface area contributed by atoms with E-state index in [4.69, 9.17) is 0 Å². The van der Waals surface area contributed by atoms with Crippen molar-refractivity contribution >= 4 is 134 Å². The second-order valence-electron chi connectivity index (χ2n) is 20.3. The van der Waals surface area contributed by atoms with Crippen molar-refractivity contribution in [2.75, 3.05) is 0 Å². The molecule has 4 aromatic heterocycles. The Balaban J connectivity index is 1.21. The van der Waals surface area contributed by atoms with Gasteiger partial charge in [0.05, 0.1) is 63.2 Å². The fraction of sp³-hybridized carbons (Fsp3) is 0. The first kappa shape index (κ1) is 39.1. The van der Waals surface area contributed by atoms with E-state index in [1.807, 2.05) is 97.1 Å². The quantitative estimate of drug-likeness (QED) is 0.121. The van der Waals surface area contributed by atoms with Gasteiger partial charge in [0.2, 0.25) is 5.69 Å². The minimum atomic E-state index is -0.355. The lowest BCUT2D eigenvalue weighted by molar-refractivity contribution is 1.14. The van der Waals surface area contributed by atoms with Crippen molar-refractivity contribution in [3.8, 4) is 62.0 Å². The highest BCUT2D eigenvalue weighted by molar-refractivity contribution is 7.27. The molecule has 0 amide bonds. The first-order valence-corrected chi connectivity index (χ1v) is 28.0. The topological polar surface area (TPSA) is 38.0 Å². The highest BCUT2D eigenvalue weighted by Gasteiger charge is 2.34. The maximum atomic E-state index is 12.6. The number of fused-ring (bicyclic) bond motifs is 14. The minimum absolute atomic E-state index is 0.0491. The standard InChI is InChI=1S/C74H40N4S2/c1-76-67-62(45-25-10-4-11-26-45)58(42-75)68(63(46-27-12-5-13-28-46)70(67)77-59-36-19-33-51-48-29-14-15-30-49(48)52-34-20-37-60(77)66(52)65(51)59)78-69-55(40-39-54-53-35-18-32-47(72(53)80-73(54)69)43-21-6-2-7-22-43)64-56(44-23-8-3-9-24-44)41-57-50-31-16-17-38-61(50)79-74(57)71(64)78/h2-41H/i19D,20D,33D,34D,36D,37D. The van der Waals surface area contributed by atoms with Crippen LogP contribution in [-0.4, -0.2) is 9.13 Å². The van der Waals surface area contributed by atoms with Crippen LogP contribution in [0.25, 0.3) is 166 Å². The van der Waals surface area contributed by atoms with Crippen LogP contribution in [0.5, 0.6) is 0 Å². The van der Waals surface area contributed by atoms with Gasteiger partial charge in [-0.3, -0.25) is 0 Å². The average molecular weight is 1060 g/mol. The Morgan fingerprint density at radius 1 is 0.412 bits per heavy atom. The minimum Gasteiger partial charge on any atom is -0.318 e. The zero-order valence-electron chi connectivity index (χ0n) is 48.2. The molecule has 0 spiro atoms. The Hall–Kier alpha value is -10.3. The monoisotopic (exact) mass is 1050 g/mol. The molecule has 6 heteroatoms. The zero-order chi connectivity index (χ0) is 58.0. The molecule has 0 aliphatic carbocycles. The molecule has 17 rings (SSSR count). The fourth-order valence-electron chi connectivity index (χ4n) is 13.0. The van der Waals surface area contributed by atoms with Crippen LogP contribution in [0.15, 0.2) is 243 Å². The van der Waals surface area contributed by atoms with E-state index in [2.05, 4.69) is 125 Å². The summed E-state index contributed by atoms with van der Waals surface area (Å²) in [4.78, 5) is 4.53. The Bertz CT molecular complexity index is 5810. The molecule has 0 saturated carbocycles. The Morgan fingerprint density at radius 2 is 0.938 bits per heavy atom. The van der Waals surface area contributed by atoms with Gasteiger partial charge in [-0.25, -0.2) is 4.85 Å². The molecule has 4 heterocycles. The van der Waals surface area contributed by atoms with Crippen molar-refractivity contribution in [3.63, 3.8) is 0 Å². The maximum absolute atomic E-state index is 12.6. The lowest BCUT2D eigenvalue weighted by Gasteiger charge is -2.26. The molecular weight excluding hydrogens is 1010 g/mol. The van der Waals surface area contributed by atoms with Crippen LogP contribution in [0, 0.1) is 17.9 Å². The number of nitriles is 1. The van der Waals surface area contributed by atoms with Gasteiger partial charge in [-0.1, -0.05) is 218 Å². The van der Waals surface area contributed by atoms with Crippen LogP contribution in [-0.2, 0) is 0 Å². The largest absolute Gasteiger partial charge is 0.318 e. The highest BCUT2D eigenvalue weighted by atomic mass is 32.1. The summed E-state index contributed by atoms with van der Waals surface area (Å²) in [7, 11) is 0. The average Bonchev–Trinajstić information content (AvgIpc) is 1.51. The van der Waals surface area contributed by atoms with Gasteiger partial charge in [0.25, 0.3) is 0 Å². The van der Waals surface area contributed by atoms with Gasteiger partial charge in [0.1, 0.15) is 6.07 Å². The van der Waals surface area contributed by atoms with E-state index < -0.39 is 0 Å². The van der Waals surface area contributed by atoms with Gasteiger partial charge >= 0.3 is 0 Å². The molecule has 0 aliphatic rings. The van der Waals surface area contributed by atoms with E-state index in [9.17, 15) is 20.1 Å². The van der Waals surface area contributed by atoms with Crippen LogP contribution in [0.4, 0.5) is 5.69 Å². The van der Waals surface area contributed by atoms with Crippen LogP contribution < -0.4 is 0 Å². The van der Waals surface area contributed by atoms with Gasteiger partial charge in [-0.2, -0.15) is 5.26 Å². The molecule has 0 N–H and O–H groups in total. The van der Waals surface area contributed by atoms with E-state index in [0.29, 0.717) is 60.3 Å². The lowest BCUT2D eigenvalue weighted by Crippen LogP contribution is -2.09. The van der Waals surface area contributed by atoms with E-state index >= 15 is 0 Å². The summed E-state index contributed by atoms with van der Waals surface area (Å²) in [6, 6.07) is 70.3. The summed E-state index contributed by atoms with van der Waals surface area (Å²) in [6.45, 7) is 9.62. The highest BCUT2D eigenvalue weighted by Crippen LogP contribution is 2.57. The molecule has 368 valence electrons. The summed E-state index contributed by atoms with van der Waals surface area (Å²) in [5, 5.41) is 21.4. The summed E-state index contributed by atoms with van der Waals surface area (Å²) < 4.78 is 67.2. The van der Waals surface area contributed by atoms with Gasteiger partial charge < -0.3 is 9.13 Å². The van der Waals surface area contributed by atoms with Gasteiger partial charge in [0.15, 0.2) is 0 Å². The van der Waals surface area contributed by atoms with Crippen LogP contribution in [0.3, 0.4) is 0 Å². The van der Waals surface area contributed by atoms with Crippen molar-refractivity contribution in [2.45, 2.75) is 0 Å². The molecule has 0 radical (unpaired) electrons. The number of aromatic nitrogens is 2. The van der Waals surface area contributed by atoms with Crippen LogP contribution >= 0.6 is 22.7 Å². The summed E-state index contributed by atoms with van der Waals surface area (Å²) in [5.74, 6) is 0. The predicted molar refractivity (Wildman–Crippen MR) is 340 cm³/mol. The normalized spacial score (nSPS) is 13.0. The molecule has 80 heavy (non-hydrogen) atoms. The third-order valence-corrected chi connectivity index (χ3v) is 18.7. The number of benzene rings is 13. The number of hydrogen-bond donors (Lipinski definition) is 0. The van der Waals surface area contributed by atoms with Crippen LogP contribution in [0.2, 0.25) is 0 Å². The zero-order valence-corrected chi connectivity index (χ0v) is 43.9. The molecule has 0 aliphatic heterocycles. The number of nitrogens with zero attached hydrogens (tertiary/aromatic N) is 4. The Labute approximate surface area is 475 Å². The first-order valence-electron chi connectivity index (χ1n) is 29.4. The lowest BCUT2D eigenvalue weighted by atomic mass is 9.88. The third kappa shape index (κ3) is 6.06. The second kappa shape index (κ2) is 17.1. The van der Waals surface area contributed by atoms with Crippen molar-refractivity contribution in [1.29, 1.82) is 5.26 Å². The summed E-state index contributed by atoms with van der Waals surface area (Å²) in [5.41, 5.74) is 9.08. The smallest absolute Gasteiger partial charge is 0.220 e. The Kier molecular flexibility index (Phi) is 8.34.